The van der Waals surface area contributed by atoms with E-state index in [2.05, 4.69) is 4.18 Å². The van der Waals surface area contributed by atoms with Crippen molar-refractivity contribution < 1.29 is 45.7 Å². The first kappa shape index (κ1) is 17.3. The number of aliphatic carboxylic acids is 1. The first-order chi connectivity index (χ1) is 11.4. The summed E-state index contributed by atoms with van der Waals surface area (Å²) >= 11 is 0. The van der Waals surface area contributed by atoms with Gasteiger partial charge in [0.05, 0.1) is 6.54 Å². The van der Waals surface area contributed by atoms with Crippen molar-refractivity contribution in [2.24, 2.45) is 0 Å². The number of hydroxylamine groups is 2. The Morgan fingerprint density at radius 2 is 1.92 bits per heavy atom. The number of carbonyl (C=O) groups excluding carboxylic acids is 1. The predicted octanol–water partition coefficient (Wildman–Crippen LogP) is 1.22. The summed E-state index contributed by atoms with van der Waals surface area (Å²) in [5.41, 5.74) is -5.63. The summed E-state index contributed by atoms with van der Waals surface area (Å²) in [5.74, 6) is -2.14. The Morgan fingerprint density at radius 3 is 2.48 bits per heavy atom. The van der Waals surface area contributed by atoms with Crippen molar-refractivity contribution in [1.29, 1.82) is 0 Å². The van der Waals surface area contributed by atoms with Crippen LogP contribution in [-0.4, -0.2) is 52.7 Å². The van der Waals surface area contributed by atoms with Gasteiger partial charge in [-0.15, -0.1) is 0 Å². The van der Waals surface area contributed by atoms with Crippen LogP contribution < -0.4 is 4.18 Å². The average Bonchev–Trinajstić information content (AvgIpc) is 2.72. The molecule has 2 heterocycles. The third kappa shape index (κ3) is 2.55. The highest BCUT2D eigenvalue weighted by Gasteiger charge is 2.51. The van der Waals surface area contributed by atoms with Gasteiger partial charge in [-0.2, -0.15) is 26.7 Å². The molecule has 1 fully saturated rings. The van der Waals surface area contributed by atoms with E-state index in [1.807, 2.05) is 0 Å². The lowest BCUT2D eigenvalue weighted by atomic mass is 9.91. The summed E-state index contributed by atoms with van der Waals surface area (Å²) in [6, 6.07) is -0.770. The van der Waals surface area contributed by atoms with Gasteiger partial charge in [-0.25, -0.2) is 9.59 Å². The molecule has 0 aliphatic carbocycles. The molecule has 2 aliphatic heterocycles. The molecular weight excluding hydrogens is 373 g/mol. The van der Waals surface area contributed by atoms with E-state index >= 15 is 0 Å². The van der Waals surface area contributed by atoms with Crippen LogP contribution in [0.3, 0.4) is 0 Å². The zero-order chi connectivity index (χ0) is 18.7. The van der Waals surface area contributed by atoms with E-state index in [1.54, 1.807) is 0 Å². The Balaban J connectivity index is 2.06. The fourth-order valence-corrected chi connectivity index (χ4v) is 3.25. The number of carbonyl (C=O) groups is 2. The van der Waals surface area contributed by atoms with Crippen molar-refractivity contribution in [2.75, 3.05) is 6.54 Å². The molecule has 136 valence electrons. The second-order valence-electron chi connectivity index (χ2n) is 5.31. The Hall–Kier alpha value is -2.54. The van der Waals surface area contributed by atoms with Gasteiger partial charge < -0.3 is 14.2 Å². The van der Waals surface area contributed by atoms with Gasteiger partial charge in [0.1, 0.15) is 11.8 Å². The number of alkyl halides is 3. The van der Waals surface area contributed by atoms with Crippen LogP contribution in [0.25, 0.3) is 0 Å². The molecule has 0 radical (unpaired) electrons. The molecule has 9 nitrogen and oxygen atoms in total. The van der Waals surface area contributed by atoms with Crippen LogP contribution in [0.4, 0.5) is 18.0 Å². The number of nitrogens with zero attached hydrogens (tertiary/aromatic N) is 2. The van der Waals surface area contributed by atoms with Crippen molar-refractivity contribution in [2.45, 2.75) is 17.6 Å². The molecule has 1 aromatic carbocycles. The maximum absolute atomic E-state index is 12.4. The molecule has 0 saturated carbocycles. The summed E-state index contributed by atoms with van der Waals surface area (Å²) in [4.78, 5) is 24.2. The van der Waals surface area contributed by atoms with Crippen LogP contribution >= 0.6 is 0 Å². The summed E-state index contributed by atoms with van der Waals surface area (Å²) in [5, 5.41) is 19.3. The molecular formula is C12H9F3N2O7S. The minimum absolute atomic E-state index is 0.0214. The van der Waals surface area contributed by atoms with Crippen LogP contribution in [0.1, 0.15) is 23.2 Å². The maximum atomic E-state index is 12.4. The highest BCUT2D eigenvalue weighted by atomic mass is 32.2. The lowest BCUT2D eigenvalue weighted by molar-refractivity contribution is -0.142. The Labute approximate surface area is 137 Å². The first-order valence-corrected chi connectivity index (χ1v) is 8.01. The zero-order valence-electron chi connectivity index (χ0n) is 12.0. The molecule has 13 heteroatoms. The fourth-order valence-electron chi connectivity index (χ4n) is 2.80. The largest absolute Gasteiger partial charge is 0.534 e. The molecule has 1 aromatic rings. The van der Waals surface area contributed by atoms with E-state index < -0.39 is 45.5 Å². The van der Waals surface area contributed by atoms with Crippen LogP contribution in [-0.2, 0) is 14.9 Å². The number of rotatable bonds is 3. The predicted molar refractivity (Wildman–Crippen MR) is 70.9 cm³/mol. The molecule has 25 heavy (non-hydrogen) atoms. The van der Waals surface area contributed by atoms with Gasteiger partial charge in [0.15, 0.2) is 6.04 Å². The van der Waals surface area contributed by atoms with Crippen molar-refractivity contribution >= 4 is 22.1 Å². The molecule has 1 saturated heterocycles. The lowest BCUT2D eigenvalue weighted by Gasteiger charge is -2.30. The minimum Gasteiger partial charge on any atom is -0.479 e. The second kappa shape index (κ2) is 5.23. The van der Waals surface area contributed by atoms with E-state index in [9.17, 15) is 41.5 Å². The molecule has 0 spiro atoms. The van der Waals surface area contributed by atoms with Crippen molar-refractivity contribution in [1.82, 2.24) is 9.96 Å². The molecule has 2 atom stereocenters. The third-order valence-corrected chi connectivity index (χ3v) is 4.83. The van der Waals surface area contributed by atoms with Crippen molar-refractivity contribution in [3.8, 4) is 5.75 Å². The number of urea groups is 1. The van der Waals surface area contributed by atoms with Crippen molar-refractivity contribution in [3.63, 3.8) is 0 Å². The molecule has 2 bridgehead atoms. The maximum Gasteiger partial charge on any atom is 0.534 e. The summed E-state index contributed by atoms with van der Waals surface area (Å²) in [6.45, 7) is -0.227. The van der Waals surface area contributed by atoms with Crippen LogP contribution in [0.5, 0.6) is 5.75 Å². The highest BCUT2D eigenvalue weighted by molar-refractivity contribution is 7.88. The Kier molecular flexibility index (Phi) is 3.61. The van der Waals surface area contributed by atoms with Gasteiger partial charge >= 0.3 is 27.6 Å². The van der Waals surface area contributed by atoms with Gasteiger partial charge in [0, 0.05) is 0 Å². The van der Waals surface area contributed by atoms with E-state index in [-0.39, 0.29) is 22.7 Å². The van der Waals surface area contributed by atoms with E-state index in [1.165, 1.54) is 0 Å². The normalized spacial score (nSPS) is 22.8. The minimum atomic E-state index is -5.92. The van der Waals surface area contributed by atoms with Crippen LogP contribution in [0, 0.1) is 0 Å². The fraction of sp³-hybridized carbons (Fsp3) is 0.333. The standard InChI is InChI=1S/C12H9F3N2O7S/c13-12(14,15)25(22,23)24-5-1-2-6-7(3-5)8-4-16(9(6)10(18)19)11(20)17(8)21/h1-3,8-9,21H,4H2,(H,18,19). The van der Waals surface area contributed by atoms with Gasteiger partial charge in [0.2, 0.25) is 0 Å². The topological polar surface area (TPSA) is 124 Å². The number of fused-ring (bicyclic) bond motifs is 4. The number of hydrogen-bond donors (Lipinski definition) is 2. The Morgan fingerprint density at radius 1 is 1.28 bits per heavy atom. The van der Waals surface area contributed by atoms with Gasteiger partial charge in [-0.05, 0) is 23.3 Å². The SMILES string of the molecule is O=C(O)C1c2ccc(OS(=O)(=O)C(F)(F)F)cc2C2CN1C(=O)N2O. The number of amides is 2. The van der Waals surface area contributed by atoms with E-state index in [0.717, 1.165) is 23.1 Å². The van der Waals surface area contributed by atoms with Gasteiger partial charge in [-0.3, -0.25) is 5.21 Å². The van der Waals surface area contributed by atoms with Crippen LogP contribution in [0.15, 0.2) is 18.2 Å². The number of halogens is 3. The van der Waals surface area contributed by atoms with Crippen molar-refractivity contribution in [3.05, 3.63) is 29.3 Å². The number of carboxylic acid groups (broad SMARTS) is 1. The first-order valence-electron chi connectivity index (χ1n) is 6.60. The van der Waals surface area contributed by atoms with Crippen LogP contribution in [0.2, 0.25) is 0 Å². The Bertz CT molecular complexity index is 870. The average molecular weight is 382 g/mol. The molecule has 2 aliphatic rings. The summed E-state index contributed by atoms with van der Waals surface area (Å²) in [6.07, 6.45) is 0. The van der Waals surface area contributed by atoms with E-state index in [4.69, 9.17) is 0 Å². The zero-order valence-corrected chi connectivity index (χ0v) is 12.8. The number of carboxylic acids is 1. The number of hydrogen-bond acceptors (Lipinski definition) is 6. The number of benzene rings is 1. The molecule has 2 N–H and O–H groups in total. The second-order valence-corrected chi connectivity index (χ2v) is 6.85. The highest BCUT2D eigenvalue weighted by Crippen LogP contribution is 2.44. The van der Waals surface area contributed by atoms with Gasteiger partial charge in [-0.1, -0.05) is 6.07 Å². The smallest absolute Gasteiger partial charge is 0.479 e. The molecule has 2 amide bonds. The quantitative estimate of drug-likeness (QED) is 0.458. The third-order valence-electron chi connectivity index (χ3n) is 3.85. The summed E-state index contributed by atoms with van der Waals surface area (Å²) < 4.78 is 63.3. The van der Waals surface area contributed by atoms with Gasteiger partial charge in [0.25, 0.3) is 0 Å². The monoisotopic (exact) mass is 382 g/mol. The van der Waals surface area contributed by atoms with E-state index in [0.29, 0.717) is 0 Å². The summed E-state index contributed by atoms with van der Waals surface area (Å²) in [7, 11) is -5.92. The molecule has 3 rings (SSSR count). The lowest BCUT2D eigenvalue weighted by Crippen LogP contribution is -2.38. The molecule has 2 unspecified atom stereocenters. The molecule has 0 aromatic heterocycles.